The van der Waals surface area contributed by atoms with Gasteiger partial charge in [0.25, 0.3) is 0 Å². The average molecular weight is 607 g/mol. The molecule has 6 aromatic rings. The van der Waals surface area contributed by atoms with Crippen LogP contribution in [0.4, 0.5) is 0 Å². The summed E-state index contributed by atoms with van der Waals surface area (Å²) in [5, 5.41) is 0. The van der Waals surface area contributed by atoms with Crippen LogP contribution in [0, 0.1) is 0 Å². The summed E-state index contributed by atoms with van der Waals surface area (Å²) >= 11 is 0. The summed E-state index contributed by atoms with van der Waals surface area (Å²) in [6.45, 7) is 4.83. The standard InChI is InChI=1S/C47H42/c1-3-45(39-23-11-5-17-33(39)34-18-6-12-24-40(34)45)29-31-47(43-27-15-9-21-37(43)38-22-10-16-28-44(38)47)32-30-46(4-2)41-25-13-7-19-35(41)36-20-8-14-26-42(36)46/h5-28H,3-4,29-32H2,1-2H3. The Morgan fingerprint density at radius 2 is 0.468 bits per heavy atom. The van der Waals surface area contributed by atoms with Gasteiger partial charge in [0.2, 0.25) is 0 Å². The molecule has 0 amide bonds. The fourth-order valence-electron chi connectivity index (χ4n) is 10.4. The highest BCUT2D eigenvalue weighted by molar-refractivity contribution is 5.84. The third-order valence-electron chi connectivity index (χ3n) is 12.7. The minimum Gasteiger partial charge on any atom is -0.0642 e. The molecule has 0 aliphatic heterocycles. The molecule has 9 rings (SSSR count). The maximum Gasteiger partial charge on any atom is 0.0216 e. The molecule has 0 atom stereocenters. The van der Waals surface area contributed by atoms with Gasteiger partial charge in [0, 0.05) is 16.2 Å². The molecule has 6 aromatic carbocycles. The third kappa shape index (κ3) is 3.82. The Morgan fingerprint density at radius 3 is 0.702 bits per heavy atom. The van der Waals surface area contributed by atoms with Gasteiger partial charge in [0.05, 0.1) is 0 Å². The van der Waals surface area contributed by atoms with E-state index in [1.54, 1.807) is 0 Å². The molecular formula is C47H42. The summed E-state index contributed by atoms with van der Waals surface area (Å²) in [5.41, 5.74) is 17.6. The quantitative estimate of drug-likeness (QED) is 0.162. The predicted octanol–water partition coefficient (Wildman–Crippen LogP) is 12.3. The highest BCUT2D eigenvalue weighted by atomic mass is 14.5. The first kappa shape index (κ1) is 28.5. The number of rotatable bonds is 8. The van der Waals surface area contributed by atoms with Crippen LogP contribution in [0.5, 0.6) is 0 Å². The van der Waals surface area contributed by atoms with E-state index < -0.39 is 0 Å². The van der Waals surface area contributed by atoms with Gasteiger partial charge in [-0.2, -0.15) is 0 Å². The molecule has 0 heterocycles. The minimum atomic E-state index is -0.0729. The van der Waals surface area contributed by atoms with E-state index in [9.17, 15) is 0 Å². The van der Waals surface area contributed by atoms with Crippen molar-refractivity contribution in [2.45, 2.75) is 68.6 Å². The number of benzene rings is 6. The van der Waals surface area contributed by atoms with E-state index in [0.717, 1.165) is 38.5 Å². The molecule has 3 aliphatic carbocycles. The molecule has 0 unspecified atom stereocenters. The topological polar surface area (TPSA) is 0 Å². The van der Waals surface area contributed by atoms with Gasteiger partial charge in [-0.25, -0.2) is 0 Å². The van der Waals surface area contributed by atoms with Gasteiger partial charge in [-0.1, -0.05) is 159 Å². The third-order valence-corrected chi connectivity index (χ3v) is 12.7. The summed E-state index contributed by atoms with van der Waals surface area (Å²) in [4.78, 5) is 0. The predicted molar refractivity (Wildman–Crippen MR) is 197 cm³/mol. The van der Waals surface area contributed by atoms with E-state index in [2.05, 4.69) is 159 Å². The second-order valence-corrected chi connectivity index (χ2v) is 14.2. The van der Waals surface area contributed by atoms with E-state index in [1.807, 2.05) is 0 Å². The molecule has 230 valence electrons. The Bertz CT molecular complexity index is 1900. The maximum atomic E-state index is 2.46. The zero-order chi connectivity index (χ0) is 31.6. The molecule has 47 heavy (non-hydrogen) atoms. The largest absolute Gasteiger partial charge is 0.0642 e. The Morgan fingerprint density at radius 1 is 0.277 bits per heavy atom. The van der Waals surface area contributed by atoms with Crippen LogP contribution in [0.2, 0.25) is 0 Å². The summed E-state index contributed by atoms with van der Waals surface area (Å²) in [7, 11) is 0. The van der Waals surface area contributed by atoms with Crippen molar-refractivity contribution >= 4 is 0 Å². The van der Waals surface area contributed by atoms with Crippen molar-refractivity contribution in [1.82, 2.24) is 0 Å². The van der Waals surface area contributed by atoms with Gasteiger partial charge < -0.3 is 0 Å². The van der Waals surface area contributed by atoms with Gasteiger partial charge in [-0.15, -0.1) is 0 Å². The zero-order valence-corrected chi connectivity index (χ0v) is 27.6. The lowest BCUT2D eigenvalue weighted by atomic mass is 9.62. The van der Waals surface area contributed by atoms with Crippen LogP contribution >= 0.6 is 0 Å². The lowest BCUT2D eigenvalue weighted by Gasteiger charge is -2.41. The number of hydrogen-bond donors (Lipinski definition) is 0. The van der Waals surface area contributed by atoms with Crippen LogP contribution in [0.15, 0.2) is 146 Å². The van der Waals surface area contributed by atoms with Gasteiger partial charge in [-0.05, 0) is 105 Å². The first-order valence-electron chi connectivity index (χ1n) is 17.7. The van der Waals surface area contributed by atoms with Gasteiger partial charge in [0.15, 0.2) is 0 Å². The second kappa shape index (κ2) is 10.7. The smallest absolute Gasteiger partial charge is 0.0216 e. The van der Waals surface area contributed by atoms with Crippen LogP contribution in [0.25, 0.3) is 33.4 Å². The SMILES string of the molecule is CCC1(CCC2(CCC3(CC)c4ccccc4-c4ccccc43)c3ccccc3-c3ccccc32)c2ccccc2-c2ccccc21. The molecule has 0 aromatic heterocycles. The molecule has 0 radical (unpaired) electrons. The van der Waals surface area contributed by atoms with E-state index in [-0.39, 0.29) is 16.2 Å². The van der Waals surface area contributed by atoms with Crippen molar-refractivity contribution < 1.29 is 0 Å². The Balaban J connectivity index is 1.21. The van der Waals surface area contributed by atoms with Gasteiger partial charge in [0.1, 0.15) is 0 Å². The summed E-state index contributed by atoms with van der Waals surface area (Å²) < 4.78 is 0. The molecule has 0 fully saturated rings. The first-order valence-corrected chi connectivity index (χ1v) is 17.7. The Hall–Kier alpha value is -4.68. The van der Waals surface area contributed by atoms with Crippen molar-refractivity contribution in [3.8, 4) is 33.4 Å². The maximum absolute atomic E-state index is 2.46. The molecule has 0 heteroatoms. The Labute approximate surface area is 280 Å². The fourth-order valence-corrected chi connectivity index (χ4v) is 10.4. The van der Waals surface area contributed by atoms with Crippen molar-refractivity contribution in [2.75, 3.05) is 0 Å². The average Bonchev–Trinajstić information content (AvgIpc) is 3.71. The van der Waals surface area contributed by atoms with Crippen molar-refractivity contribution in [2.24, 2.45) is 0 Å². The highest BCUT2D eigenvalue weighted by Crippen LogP contribution is 2.61. The van der Waals surface area contributed by atoms with E-state index >= 15 is 0 Å². The van der Waals surface area contributed by atoms with Crippen LogP contribution < -0.4 is 0 Å². The number of hydrogen-bond acceptors (Lipinski definition) is 0. The molecule has 0 bridgehead atoms. The van der Waals surface area contributed by atoms with Gasteiger partial charge in [-0.3, -0.25) is 0 Å². The van der Waals surface area contributed by atoms with Crippen LogP contribution in [-0.4, -0.2) is 0 Å². The van der Waals surface area contributed by atoms with Crippen molar-refractivity contribution in [3.63, 3.8) is 0 Å². The fraction of sp³-hybridized carbons (Fsp3) is 0.234. The van der Waals surface area contributed by atoms with E-state index in [4.69, 9.17) is 0 Å². The van der Waals surface area contributed by atoms with Gasteiger partial charge >= 0.3 is 0 Å². The lowest BCUT2D eigenvalue weighted by Crippen LogP contribution is -2.34. The van der Waals surface area contributed by atoms with Crippen LogP contribution in [-0.2, 0) is 16.2 Å². The molecule has 3 aliphatic rings. The zero-order valence-electron chi connectivity index (χ0n) is 27.6. The molecule has 0 saturated carbocycles. The first-order chi connectivity index (χ1) is 23.2. The van der Waals surface area contributed by atoms with Crippen molar-refractivity contribution in [1.29, 1.82) is 0 Å². The van der Waals surface area contributed by atoms with E-state index in [0.29, 0.717) is 0 Å². The van der Waals surface area contributed by atoms with Crippen molar-refractivity contribution in [3.05, 3.63) is 179 Å². The summed E-state index contributed by atoms with van der Waals surface area (Å²) in [6.07, 6.45) is 6.65. The molecular weight excluding hydrogens is 565 g/mol. The monoisotopic (exact) mass is 606 g/mol. The molecule has 0 saturated heterocycles. The lowest BCUT2D eigenvalue weighted by molar-refractivity contribution is 0.323. The molecule has 0 nitrogen and oxygen atoms in total. The Kier molecular flexibility index (Phi) is 6.48. The number of fused-ring (bicyclic) bond motifs is 9. The van der Waals surface area contributed by atoms with Crippen LogP contribution in [0.3, 0.4) is 0 Å². The summed E-state index contributed by atoms with van der Waals surface area (Å²) in [6, 6.07) is 55.7. The van der Waals surface area contributed by atoms with Crippen LogP contribution in [0.1, 0.15) is 85.8 Å². The summed E-state index contributed by atoms with van der Waals surface area (Å²) in [5.74, 6) is 0. The normalized spacial score (nSPS) is 16.5. The second-order valence-electron chi connectivity index (χ2n) is 14.2. The minimum absolute atomic E-state index is 0.00165. The molecule has 0 spiro atoms. The highest BCUT2D eigenvalue weighted by Gasteiger charge is 2.50. The molecule has 0 N–H and O–H groups in total. The van der Waals surface area contributed by atoms with E-state index in [1.165, 1.54) is 66.8 Å².